The molecule has 2 fully saturated rings. The smallest absolute Gasteiger partial charge is 0.317 e. The standard InChI is InChI=1S/C22H25N5O4/c1-16-2-4-19(5-3-16)26-15-17(14-21(26)28)23-22(29)25-12-10-24(11-13-25)18-6-8-20(9-7-18)27(30)31/h2-9,17H,10-15H2,1H3,(H,23,29)/t17-/m1/s1. The van der Waals surface area contributed by atoms with Gasteiger partial charge < -0.3 is 20.0 Å². The molecule has 2 aliphatic rings. The number of hydrogen-bond donors (Lipinski definition) is 1. The summed E-state index contributed by atoms with van der Waals surface area (Å²) in [6.45, 7) is 4.85. The third kappa shape index (κ3) is 4.60. The molecule has 9 heteroatoms. The van der Waals surface area contributed by atoms with Gasteiger partial charge in [0, 0.05) is 62.7 Å². The van der Waals surface area contributed by atoms with E-state index in [0.29, 0.717) is 39.1 Å². The third-order valence-electron chi connectivity index (χ3n) is 5.79. The average molecular weight is 423 g/mol. The van der Waals surface area contributed by atoms with Crippen LogP contribution in [0.25, 0.3) is 0 Å². The van der Waals surface area contributed by atoms with E-state index in [0.717, 1.165) is 16.9 Å². The van der Waals surface area contributed by atoms with Crippen LogP contribution in [0.15, 0.2) is 48.5 Å². The van der Waals surface area contributed by atoms with E-state index in [2.05, 4.69) is 10.2 Å². The lowest BCUT2D eigenvalue weighted by molar-refractivity contribution is -0.384. The Morgan fingerprint density at radius 3 is 2.23 bits per heavy atom. The molecule has 2 saturated heterocycles. The van der Waals surface area contributed by atoms with Gasteiger partial charge in [-0.05, 0) is 31.2 Å². The molecule has 4 rings (SSSR count). The number of nitrogens with one attached hydrogen (secondary N) is 1. The Bertz CT molecular complexity index is 968. The topological polar surface area (TPSA) is 99.0 Å². The number of urea groups is 1. The highest BCUT2D eigenvalue weighted by atomic mass is 16.6. The van der Waals surface area contributed by atoms with Gasteiger partial charge >= 0.3 is 6.03 Å². The molecular formula is C22H25N5O4. The predicted octanol–water partition coefficient (Wildman–Crippen LogP) is 2.54. The lowest BCUT2D eigenvalue weighted by Crippen LogP contribution is -2.53. The largest absolute Gasteiger partial charge is 0.368 e. The summed E-state index contributed by atoms with van der Waals surface area (Å²) in [6, 6.07) is 13.9. The maximum Gasteiger partial charge on any atom is 0.317 e. The first-order valence-corrected chi connectivity index (χ1v) is 10.3. The third-order valence-corrected chi connectivity index (χ3v) is 5.79. The summed E-state index contributed by atoms with van der Waals surface area (Å²) in [5.74, 6) is 0.0112. The van der Waals surface area contributed by atoms with Crippen molar-refractivity contribution in [3.63, 3.8) is 0 Å². The van der Waals surface area contributed by atoms with Crippen LogP contribution in [0.1, 0.15) is 12.0 Å². The van der Waals surface area contributed by atoms with Gasteiger partial charge in [0.25, 0.3) is 5.69 Å². The van der Waals surface area contributed by atoms with Crippen LogP contribution in [0.5, 0.6) is 0 Å². The Morgan fingerprint density at radius 2 is 1.61 bits per heavy atom. The zero-order valence-corrected chi connectivity index (χ0v) is 17.4. The number of carbonyl (C=O) groups excluding carboxylic acids is 2. The molecule has 3 amide bonds. The minimum atomic E-state index is -0.417. The molecule has 0 radical (unpaired) electrons. The highest BCUT2D eigenvalue weighted by Crippen LogP contribution is 2.23. The number of amides is 3. The van der Waals surface area contributed by atoms with Crippen molar-refractivity contribution in [1.29, 1.82) is 0 Å². The van der Waals surface area contributed by atoms with Gasteiger partial charge in [-0.2, -0.15) is 0 Å². The Labute approximate surface area is 180 Å². The van der Waals surface area contributed by atoms with Crippen molar-refractivity contribution in [2.75, 3.05) is 42.5 Å². The molecule has 1 atom stereocenters. The van der Waals surface area contributed by atoms with Crippen LogP contribution < -0.4 is 15.1 Å². The average Bonchev–Trinajstić information content (AvgIpc) is 3.14. The van der Waals surface area contributed by atoms with E-state index in [9.17, 15) is 19.7 Å². The number of nitro benzene ring substituents is 1. The Morgan fingerprint density at radius 1 is 1.00 bits per heavy atom. The minimum Gasteiger partial charge on any atom is -0.368 e. The fourth-order valence-electron chi connectivity index (χ4n) is 4.00. The molecule has 2 aromatic rings. The van der Waals surface area contributed by atoms with Crippen LogP contribution in [-0.2, 0) is 4.79 Å². The van der Waals surface area contributed by atoms with Crippen LogP contribution in [0, 0.1) is 17.0 Å². The van der Waals surface area contributed by atoms with Crippen LogP contribution in [0.4, 0.5) is 21.9 Å². The van der Waals surface area contributed by atoms with Gasteiger partial charge in [-0.25, -0.2) is 4.79 Å². The van der Waals surface area contributed by atoms with E-state index in [1.165, 1.54) is 12.1 Å². The molecule has 0 unspecified atom stereocenters. The van der Waals surface area contributed by atoms with E-state index >= 15 is 0 Å². The summed E-state index contributed by atoms with van der Waals surface area (Å²) in [5, 5.41) is 13.8. The second-order valence-electron chi connectivity index (χ2n) is 7.94. The maximum atomic E-state index is 12.7. The molecule has 2 aliphatic heterocycles. The summed E-state index contributed by atoms with van der Waals surface area (Å²) in [5.41, 5.74) is 2.95. The number of nitro groups is 1. The number of non-ortho nitro benzene ring substituents is 1. The van der Waals surface area contributed by atoms with Crippen molar-refractivity contribution >= 4 is 29.0 Å². The number of anilines is 2. The first kappa shape index (κ1) is 20.6. The summed E-state index contributed by atoms with van der Waals surface area (Å²) in [6.07, 6.45) is 0.294. The van der Waals surface area contributed by atoms with Crippen LogP contribution >= 0.6 is 0 Å². The molecule has 2 aromatic carbocycles. The van der Waals surface area contributed by atoms with Crippen molar-refractivity contribution in [2.24, 2.45) is 0 Å². The van der Waals surface area contributed by atoms with Gasteiger partial charge in [-0.15, -0.1) is 0 Å². The highest BCUT2D eigenvalue weighted by molar-refractivity contribution is 5.96. The van der Waals surface area contributed by atoms with Crippen LogP contribution in [0.3, 0.4) is 0 Å². The Hall–Kier alpha value is -3.62. The van der Waals surface area contributed by atoms with Crippen LogP contribution in [-0.4, -0.2) is 60.5 Å². The van der Waals surface area contributed by atoms with Gasteiger partial charge in [-0.3, -0.25) is 14.9 Å². The molecule has 9 nitrogen and oxygen atoms in total. The van der Waals surface area contributed by atoms with Gasteiger partial charge in [0.2, 0.25) is 5.91 Å². The van der Waals surface area contributed by atoms with E-state index in [1.54, 1.807) is 21.9 Å². The Kier molecular flexibility index (Phi) is 5.75. The van der Waals surface area contributed by atoms with Gasteiger partial charge in [0.1, 0.15) is 0 Å². The first-order valence-electron chi connectivity index (χ1n) is 10.3. The molecular weight excluding hydrogens is 398 g/mol. The maximum absolute atomic E-state index is 12.7. The zero-order chi connectivity index (χ0) is 22.0. The predicted molar refractivity (Wildman–Crippen MR) is 117 cm³/mol. The van der Waals surface area contributed by atoms with E-state index in [1.807, 2.05) is 31.2 Å². The van der Waals surface area contributed by atoms with Crippen molar-refractivity contribution in [3.8, 4) is 0 Å². The minimum absolute atomic E-state index is 0.0112. The normalized spacial score (nSPS) is 18.9. The van der Waals surface area contributed by atoms with Crippen molar-refractivity contribution in [2.45, 2.75) is 19.4 Å². The highest BCUT2D eigenvalue weighted by Gasteiger charge is 2.33. The Balaban J connectivity index is 1.29. The second kappa shape index (κ2) is 8.63. The first-order chi connectivity index (χ1) is 14.9. The van der Waals surface area contributed by atoms with Crippen molar-refractivity contribution in [3.05, 3.63) is 64.2 Å². The molecule has 2 heterocycles. The molecule has 162 valence electrons. The molecule has 0 aromatic heterocycles. The number of carbonyl (C=O) groups is 2. The van der Waals surface area contributed by atoms with Gasteiger partial charge in [0.05, 0.1) is 11.0 Å². The van der Waals surface area contributed by atoms with E-state index in [4.69, 9.17) is 0 Å². The second-order valence-corrected chi connectivity index (χ2v) is 7.94. The lowest BCUT2D eigenvalue weighted by atomic mass is 10.2. The molecule has 1 N–H and O–H groups in total. The van der Waals surface area contributed by atoms with Crippen LogP contribution in [0.2, 0.25) is 0 Å². The number of benzene rings is 2. The number of rotatable bonds is 4. The summed E-state index contributed by atoms with van der Waals surface area (Å²) in [7, 11) is 0. The van der Waals surface area contributed by atoms with E-state index < -0.39 is 4.92 Å². The fraction of sp³-hybridized carbons (Fsp3) is 0.364. The summed E-state index contributed by atoms with van der Waals surface area (Å²) < 4.78 is 0. The van der Waals surface area contributed by atoms with Crippen molar-refractivity contribution < 1.29 is 14.5 Å². The summed E-state index contributed by atoms with van der Waals surface area (Å²) >= 11 is 0. The number of piperazine rings is 1. The number of aryl methyl sites for hydroxylation is 1. The summed E-state index contributed by atoms with van der Waals surface area (Å²) in [4.78, 5) is 41.1. The molecule has 0 bridgehead atoms. The SMILES string of the molecule is Cc1ccc(N2C[C@H](NC(=O)N3CCN(c4ccc([N+](=O)[O-])cc4)CC3)CC2=O)cc1. The van der Waals surface area contributed by atoms with Gasteiger partial charge in [-0.1, -0.05) is 17.7 Å². The van der Waals surface area contributed by atoms with E-state index in [-0.39, 0.29) is 23.7 Å². The monoisotopic (exact) mass is 423 g/mol. The number of nitrogens with zero attached hydrogens (tertiary/aromatic N) is 4. The van der Waals surface area contributed by atoms with Gasteiger partial charge in [0.15, 0.2) is 0 Å². The lowest BCUT2D eigenvalue weighted by Gasteiger charge is -2.36. The number of hydrogen-bond acceptors (Lipinski definition) is 5. The van der Waals surface area contributed by atoms with Crippen molar-refractivity contribution in [1.82, 2.24) is 10.2 Å². The zero-order valence-electron chi connectivity index (χ0n) is 17.4. The molecule has 0 saturated carbocycles. The molecule has 31 heavy (non-hydrogen) atoms. The fourth-order valence-corrected chi connectivity index (χ4v) is 4.00. The quantitative estimate of drug-likeness (QED) is 0.602. The molecule has 0 spiro atoms. The molecule has 0 aliphatic carbocycles.